The molecule has 1 aliphatic carbocycles. The van der Waals surface area contributed by atoms with Crippen LogP contribution in [0.5, 0.6) is 0 Å². The largest absolute Gasteiger partial charge is 0.378 e. The molecule has 2 rings (SSSR count). The van der Waals surface area contributed by atoms with E-state index in [4.69, 9.17) is 0 Å². The van der Waals surface area contributed by atoms with Crippen molar-refractivity contribution in [1.82, 2.24) is 15.5 Å². The van der Waals surface area contributed by atoms with E-state index < -0.39 is 11.8 Å². The topological polar surface area (TPSA) is 64.7 Å². The van der Waals surface area contributed by atoms with E-state index in [1.807, 2.05) is 38.0 Å². The molecule has 0 fully saturated rings. The monoisotopic (exact) mass is 386 g/mol. The van der Waals surface area contributed by atoms with E-state index in [0.29, 0.717) is 13.1 Å². The SMILES string of the molecule is CN(C)c1ccc(C(CNC(=O)C(=O)NCCC2=CCCCC2)N(C)C)cc1. The zero-order chi connectivity index (χ0) is 20.5. The molecule has 0 radical (unpaired) electrons. The normalized spacial score (nSPS) is 15.0. The van der Waals surface area contributed by atoms with Crippen LogP contribution in [0.4, 0.5) is 5.69 Å². The zero-order valence-electron chi connectivity index (χ0n) is 17.6. The van der Waals surface area contributed by atoms with Gasteiger partial charge in [0, 0.05) is 32.9 Å². The first kappa shape index (κ1) is 22.0. The van der Waals surface area contributed by atoms with Crippen LogP contribution in [0, 0.1) is 0 Å². The van der Waals surface area contributed by atoms with Crippen molar-refractivity contribution < 1.29 is 9.59 Å². The summed E-state index contributed by atoms with van der Waals surface area (Å²) >= 11 is 0. The average molecular weight is 387 g/mol. The van der Waals surface area contributed by atoms with Gasteiger partial charge in [0.05, 0.1) is 6.04 Å². The van der Waals surface area contributed by atoms with Gasteiger partial charge >= 0.3 is 11.8 Å². The number of amides is 2. The number of allylic oxidation sites excluding steroid dienone is 1. The van der Waals surface area contributed by atoms with Crippen LogP contribution in [-0.2, 0) is 9.59 Å². The molecular formula is C22H34N4O2. The lowest BCUT2D eigenvalue weighted by molar-refractivity contribution is -0.139. The van der Waals surface area contributed by atoms with Crippen LogP contribution in [0.3, 0.4) is 0 Å². The number of carbonyl (C=O) groups excluding carboxylic acids is 2. The Balaban J connectivity index is 1.82. The lowest BCUT2D eigenvalue weighted by Crippen LogP contribution is -2.43. The molecule has 0 saturated heterocycles. The number of nitrogens with zero attached hydrogens (tertiary/aromatic N) is 2. The first-order valence-corrected chi connectivity index (χ1v) is 10.1. The molecule has 28 heavy (non-hydrogen) atoms. The summed E-state index contributed by atoms with van der Waals surface area (Å²) in [4.78, 5) is 28.3. The fraction of sp³-hybridized carbons (Fsp3) is 0.545. The second kappa shape index (κ2) is 10.9. The molecule has 1 atom stereocenters. The van der Waals surface area contributed by atoms with Crippen molar-refractivity contribution in [3.8, 4) is 0 Å². The minimum Gasteiger partial charge on any atom is -0.378 e. The Morgan fingerprint density at radius 1 is 1.00 bits per heavy atom. The molecular weight excluding hydrogens is 352 g/mol. The summed E-state index contributed by atoms with van der Waals surface area (Å²) in [7, 11) is 7.94. The number of likely N-dealkylation sites (N-methyl/N-ethyl adjacent to an activating group) is 1. The molecule has 2 amide bonds. The maximum absolute atomic E-state index is 12.2. The van der Waals surface area contributed by atoms with Crippen LogP contribution < -0.4 is 15.5 Å². The number of anilines is 1. The highest BCUT2D eigenvalue weighted by Crippen LogP contribution is 2.21. The molecule has 0 bridgehead atoms. The van der Waals surface area contributed by atoms with Gasteiger partial charge in [-0.05, 0) is 63.9 Å². The summed E-state index contributed by atoms with van der Waals surface area (Å²) < 4.78 is 0. The van der Waals surface area contributed by atoms with E-state index in [0.717, 1.165) is 30.5 Å². The molecule has 6 nitrogen and oxygen atoms in total. The number of hydrogen-bond acceptors (Lipinski definition) is 4. The van der Waals surface area contributed by atoms with Gasteiger partial charge in [0.15, 0.2) is 0 Å². The van der Waals surface area contributed by atoms with Crippen molar-refractivity contribution in [2.45, 2.75) is 38.1 Å². The van der Waals surface area contributed by atoms with Crippen LogP contribution in [0.15, 0.2) is 35.9 Å². The van der Waals surface area contributed by atoms with Crippen molar-refractivity contribution in [2.24, 2.45) is 0 Å². The number of carbonyl (C=O) groups is 2. The third kappa shape index (κ3) is 6.68. The van der Waals surface area contributed by atoms with Gasteiger partial charge in [-0.3, -0.25) is 9.59 Å². The van der Waals surface area contributed by atoms with E-state index in [2.05, 4.69) is 41.0 Å². The molecule has 1 aromatic rings. The van der Waals surface area contributed by atoms with Crippen LogP contribution >= 0.6 is 0 Å². The van der Waals surface area contributed by atoms with Gasteiger partial charge in [-0.1, -0.05) is 23.8 Å². The molecule has 0 aliphatic heterocycles. The maximum atomic E-state index is 12.2. The molecule has 0 aromatic heterocycles. The number of benzene rings is 1. The van der Waals surface area contributed by atoms with E-state index in [1.165, 1.54) is 18.4 Å². The van der Waals surface area contributed by atoms with E-state index in [9.17, 15) is 9.59 Å². The fourth-order valence-corrected chi connectivity index (χ4v) is 3.41. The summed E-state index contributed by atoms with van der Waals surface area (Å²) in [6, 6.07) is 8.23. The summed E-state index contributed by atoms with van der Waals surface area (Å²) in [6.07, 6.45) is 7.81. The molecule has 0 spiro atoms. The Hall–Kier alpha value is -2.34. The van der Waals surface area contributed by atoms with Crippen LogP contribution in [0.1, 0.15) is 43.7 Å². The molecule has 154 valence electrons. The molecule has 1 aromatic carbocycles. The van der Waals surface area contributed by atoms with Gasteiger partial charge in [0.1, 0.15) is 0 Å². The standard InChI is InChI=1S/C22H34N4O2/c1-25(2)19-12-10-18(11-13-19)20(26(3)4)16-24-22(28)21(27)23-15-14-17-8-6-5-7-9-17/h8,10-13,20H,5-7,9,14-16H2,1-4H3,(H,23,27)(H,24,28). The number of hydrogen-bond donors (Lipinski definition) is 2. The van der Waals surface area contributed by atoms with Crippen molar-refractivity contribution in [1.29, 1.82) is 0 Å². The van der Waals surface area contributed by atoms with Gasteiger partial charge in [0.25, 0.3) is 0 Å². The second-order valence-electron chi connectivity index (χ2n) is 7.79. The van der Waals surface area contributed by atoms with Crippen molar-refractivity contribution in [2.75, 3.05) is 46.2 Å². The lowest BCUT2D eigenvalue weighted by atomic mass is 9.97. The van der Waals surface area contributed by atoms with E-state index in [-0.39, 0.29) is 6.04 Å². The van der Waals surface area contributed by atoms with Crippen molar-refractivity contribution in [3.05, 3.63) is 41.5 Å². The van der Waals surface area contributed by atoms with Crippen LogP contribution in [0.2, 0.25) is 0 Å². The highest BCUT2D eigenvalue weighted by molar-refractivity contribution is 6.35. The Bertz CT molecular complexity index is 680. The third-order valence-electron chi connectivity index (χ3n) is 5.20. The predicted molar refractivity (Wildman–Crippen MR) is 114 cm³/mol. The first-order chi connectivity index (χ1) is 13.4. The Kier molecular flexibility index (Phi) is 8.51. The summed E-state index contributed by atoms with van der Waals surface area (Å²) in [5.41, 5.74) is 3.61. The molecule has 1 unspecified atom stereocenters. The highest BCUT2D eigenvalue weighted by Gasteiger charge is 2.19. The minimum atomic E-state index is -0.575. The van der Waals surface area contributed by atoms with Gasteiger partial charge < -0.3 is 20.4 Å². The quantitative estimate of drug-likeness (QED) is 0.532. The lowest BCUT2D eigenvalue weighted by Gasteiger charge is -2.25. The van der Waals surface area contributed by atoms with E-state index in [1.54, 1.807) is 0 Å². The number of nitrogens with one attached hydrogen (secondary N) is 2. The summed E-state index contributed by atoms with van der Waals surface area (Å²) in [6.45, 7) is 0.896. The summed E-state index contributed by atoms with van der Waals surface area (Å²) in [5, 5.41) is 5.50. The Morgan fingerprint density at radius 3 is 2.25 bits per heavy atom. The van der Waals surface area contributed by atoms with Gasteiger partial charge in [0.2, 0.25) is 0 Å². The minimum absolute atomic E-state index is 0.000330. The van der Waals surface area contributed by atoms with Gasteiger partial charge in [-0.2, -0.15) is 0 Å². The van der Waals surface area contributed by atoms with Crippen LogP contribution in [0.25, 0.3) is 0 Å². The molecule has 2 N–H and O–H groups in total. The molecule has 0 saturated carbocycles. The third-order valence-corrected chi connectivity index (χ3v) is 5.20. The average Bonchev–Trinajstić information content (AvgIpc) is 2.68. The number of rotatable bonds is 8. The second-order valence-corrected chi connectivity index (χ2v) is 7.79. The molecule has 6 heteroatoms. The maximum Gasteiger partial charge on any atom is 0.309 e. The van der Waals surface area contributed by atoms with E-state index >= 15 is 0 Å². The van der Waals surface area contributed by atoms with Crippen molar-refractivity contribution in [3.63, 3.8) is 0 Å². The van der Waals surface area contributed by atoms with Crippen LogP contribution in [-0.4, -0.2) is 58.0 Å². The Morgan fingerprint density at radius 2 is 1.68 bits per heavy atom. The zero-order valence-corrected chi connectivity index (χ0v) is 17.6. The summed E-state index contributed by atoms with van der Waals surface area (Å²) in [5.74, 6) is -1.13. The van der Waals surface area contributed by atoms with Gasteiger partial charge in [-0.15, -0.1) is 0 Å². The highest BCUT2D eigenvalue weighted by atomic mass is 16.2. The fourth-order valence-electron chi connectivity index (χ4n) is 3.41. The van der Waals surface area contributed by atoms with Crippen molar-refractivity contribution >= 4 is 17.5 Å². The predicted octanol–water partition coefficient (Wildman–Crippen LogP) is 2.48. The molecule has 0 heterocycles. The smallest absolute Gasteiger partial charge is 0.309 e. The Labute approximate surface area is 169 Å². The van der Waals surface area contributed by atoms with Gasteiger partial charge in [-0.25, -0.2) is 0 Å². The molecule has 1 aliphatic rings. The first-order valence-electron chi connectivity index (χ1n) is 10.1.